The third kappa shape index (κ3) is 3.23. The minimum atomic E-state index is 0.771. The highest BCUT2D eigenvalue weighted by Crippen LogP contribution is 2.19. The summed E-state index contributed by atoms with van der Waals surface area (Å²) in [5.74, 6) is 1.78. The van der Waals surface area contributed by atoms with Gasteiger partial charge in [0.1, 0.15) is 11.6 Å². The number of benzene rings is 1. The number of hydrogen-bond donors (Lipinski definition) is 1. The van der Waals surface area contributed by atoms with Gasteiger partial charge < -0.3 is 5.32 Å². The van der Waals surface area contributed by atoms with E-state index < -0.39 is 0 Å². The van der Waals surface area contributed by atoms with E-state index in [-0.39, 0.29) is 0 Å². The molecule has 0 unspecified atom stereocenters. The maximum atomic E-state index is 4.57. The summed E-state index contributed by atoms with van der Waals surface area (Å²) in [7, 11) is 1.89. The first-order valence-electron chi connectivity index (χ1n) is 6.28. The molecule has 0 aliphatic rings. The average molecular weight is 367 g/mol. The fourth-order valence-electron chi connectivity index (χ4n) is 1.96. The van der Waals surface area contributed by atoms with Crippen LogP contribution < -0.4 is 5.32 Å². The van der Waals surface area contributed by atoms with Crippen LogP contribution in [0.2, 0.25) is 0 Å². The summed E-state index contributed by atoms with van der Waals surface area (Å²) in [4.78, 5) is 9.14. The quantitative estimate of drug-likeness (QED) is 0.842. The minimum absolute atomic E-state index is 0.771. The number of aromatic nitrogens is 2. The van der Waals surface area contributed by atoms with E-state index in [1.54, 1.807) is 0 Å². The molecule has 0 saturated carbocycles. The Hall–Kier alpha value is -1.17. The summed E-state index contributed by atoms with van der Waals surface area (Å²) in [6.07, 6.45) is 0.771. The van der Waals surface area contributed by atoms with Crippen LogP contribution in [0.4, 0.5) is 5.82 Å². The van der Waals surface area contributed by atoms with Gasteiger partial charge in [-0.2, -0.15) is 0 Å². The Kier molecular flexibility index (Phi) is 4.39. The van der Waals surface area contributed by atoms with Crippen molar-refractivity contribution in [3.63, 3.8) is 0 Å². The molecular weight excluding hydrogens is 349 g/mol. The number of nitrogens with zero attached hydrogens (tertiary/aromatic N) is 2. The van der Waals surface area contributed by atoms with Crippen LogP contribution >= 0.6 is 22.6 Å². The van der Waals surface area contributed by atoms with E-state index >= 15 is 0 Å². The van der Waals surface area contributed by atoms with Crippen LogP contribution in [-0.4, -0.2) is 17.0 Å². The largest absolute Gasteiger partial charge is 0.372 e. The van der Waals surface area contributed by atoms with Crippen LogP contribution in [-0.2, 0) is 6.42 Å². The van der Waals surface area contributed by atoms with Crippen LogP contribution in [0.3, 0.4) is 0 Å². The summed E-state index contributed by atoms with van der Waals surface area (Å²) in [6, 6.07) is 6.52. The highest BCUT2D eigenvalue weighted by atomic mass is 127. The van der Waals surface area contributed by atoms with Gasteiger partial charge in [0, 0.05) is 13.5 Å². The van der Waals surface area contributed by atoms with E-state index in [1.165, 1.54) is 16.7 Å². The van der Waals surface area contributed by atoms with Crippen molar-refractivity contribution < 1.29 is 0 Å². The summed E-state index contributed by atoms with van der Waals surface area (Å²) in [5, 5.41) is 3.12. The maximum absolute atomic E-state index is 4.57. The molecule has 0 saturated heterocycles. The Morgan fingerprint density at radius 2 is 1.84 bits per heavy atom. The molecule has 0 amide bonds. The predicted molar refractivity (Wildman–Crippen MR) is 87.8 cm³/mol. The summed E-state index contributed by atoms with van der Waals surface area (Å²) < 4.78 is 1.09. The number of aryl methyl sites for hydroxylation is 3. The molecule has 0 spiro atoms. The van der Waals surface area contributed by atoms with Gasteiger partial charge in [-0.05, 0) is 60.1 Å². The van der Waals surface area contributed by atoms with Crippen LogP contribution in [0.15, 0.2) is 18.2 Å². The zero-order chi connectivity index (χ0) is 14.0. The molecular formula is C15H18IN3. The van der Waals surface area contributed by atoms with Gasteiger partial charge in [0.2, 0.25) is 0 Å². The highest BCUT2D eigenvalue weighted by molar-refractivity contribution is 14.1. The molecule has 1 aromatic heterocycles. The van der Waals surface area contributed by atoms with Gasteiger partial charge in [-0.3, -0.25) is 0 Å². The Morgan fingerprint density at radius 1 is 1.11 bits per heavy atom. The lowest BCUT2D eigenvalue weighted by Gasteiger charge is -2.09. The molecule has 2 aromatic rings. The second-order valence-electron chi connectivity index (χ2n) is 4.73. The molecule has 0 fully saturated rings. The van der Waals surface area contributed by atoms with E-state index in [0.29, 0.717) is 0 Å². The Balaban J connectivity index is 2.32. The molecule has 0 aliphatic carbocycles. The SMILES string of the molecule is CNc1nc(Cc2ccc(C)c(C)c2)nc(C)c1I. The molecule has 0 radical (unpaired) electrons. The molecule has 19 heavy (non-hydrogen) atoms. The topological polar surface area (TPSA) is 37.8 Å². The van der Waals surface area contributed by atoms with Gasteiger partial charge >= 0.3 is 0 Å². The second-order valence-corrected chi connectivity index (χ2v) is 5.81. The molecule has 1 heterocycles. The Bertz CT molecular complexity index is 609. The van der Waals surface area contributed by atoms with Crippen molar-refractivity contribution in [2.24, 2.45) is 0 Å². The molecule has 100 valence electrons. The number of anilines is 1. The third-order valence-corrected chi connectivity index (χ3v) is 4.53. The van der Waals surface area contributed by atoms with Crippen molar-refractivity contribution in [2.45, 2.75) is 27.2 Å². The number of halogens is 1. The van der Waals surface area contributed by atoms with Gasteiger partial charge in [0.15, 0.2) is 0 Å². The van der Waals surface area contributed by atoms with Gasteiger partial charge in [0.05, 0.1) is 9.26 Å². The molecule has 0 bridgehead atoms. The standard InChI is InChI=1S/C15H18IN3/c1-9-5-6-12(7-10(9)2)8-13-18-11(3)14(16)15(17-4)19-13/h5-7H,8H2,1-4H3,(H,17,18,19). The first kappa shape index (κ1) is 14.2. The molecule has 4 heteroatoms. The molecule has 3 nitrogen and oxygen atoms in total. The minimum Gasteiger partial charge on any atom is -0.372 e. The Labute approximate surface area is 128 Å². The van der Waals surface area contributed by atoms with Gasteiger partial charge in [0.25, 0.3) is 0 Å². The van der Waals surface area contributed by atoms with Crippen molar-refractivity contribution in [1.29, 1.82) is 0 Å². The first-order chi connectivity index (χ1) is 9.01. The van der Waals surface area contributed by atoms with Crippen LogP contribution in [0.1, 0.15) is 28.2 Å². The third-order valence-electron chi connectivity index (χ3n) is 3.23. The summed E-state index contributed by atoms with van der Waals surface area (Å²) in [6.45, 7) is 6.29. The molecule has 0 aliphatic heterocycles. The van der Waals surface area contributed by atoms with E-state index in [4.69, 9.17) is 0 Å². The maximum Gasteiger partial charge on any atom is 0.143 e. The monoisotopic (exact) mass is 367 g/mol. The normalized spacial score (nSPS) is 10.6. The predicted octanol–water partition coefficient (Wildman–Crippen LogP) is 3.64. The van der Waals surface area contributed by atoms with Crippen molar-refractivity contribution in [1.82, 2.24) is 9.97 Å². The van der Waals surface area contributed by atoms with Crippen molar-refractivity contribution in [2.75, 3.05) is 12.4 Å². The molecule has 1 aromatic carbocycles. The molecule has 1 N–H and O–H groups in total. The molecule has 0 atom stereocenters. The van der Waals surface area contributed by atoms with E-state index in [1.807, 2.05) is 14.0 Å². The summed E-state index contributed by atoms with van der Waals surface area (Å²) in [5.41, 5.74) is 4.91. The first-order valence-corrected chi connectivity index (χ1v) is 7.36. The fourth-order valence-corrected chi connectivity index (χ4v) is 2.47. The lowest BCUT2D eigenvalue weighted by Crippen LogP contribution is -2.06. The van der Waals surface area contributed by atoms with Gasteiger partial charge in [-0.15, -0.1) is 0 Å². The molecule has 2 rings (SSSR count). The lowest BCUT2D eigenvalue weighted by atomic mass is 10.0. The van der Waals surface area contributed by atoms with Crippen LogP contribution in [0, 0.1) is 24.3 Å². The van der Waals surface area contributed by atoms with Crippen LogP contribution in [0.25, 0.3) is 0 Å². The second kappa shape index (κ2) is 5.86. The number of rotatable bonds is 3. The summed E-state index contributed by atoms with van der Waals surface area (Å²) >= 11 is 2.27. The van der Waals surface area contributed by atoms with Crippen LogP contribution in [0.5, 0.6) is 0 Å². The number of nitrogens with one attached hydrogen (secondary N) is 1. The zero-order valence-electron chi connectivity index (χ0n) is 11.7. The average Bonchev–Trinajstić information content (AvgIpc) is 2.38. The van der Waals surface area contributed by atoms with Gasteiger partial charge in [-0.25, -0.2) is 9.97 Å². The van der Waals surface area contributed by atoms with Crippen molar-refractivity contribution in [3.8, 4) is 0 Å². The van der Waals surface area contributed by atoms with E-state index in [2.05, 4.69) is 69.9 Å². The fraction of sp³-hybridized carbons (Fsp3) is 0.333. The zero-order valence-corrected chi connectivity index (χ0v) is 13.9. The highest BCUT2D eigenvalue weighted by Gasteiger charge is 2.09. The van der Waals surface area contributed by atoms with E-state index in [0.717, 1.165) is 27.3 Å². The van der Waals surface area contributed by atoms with Crippen molar-refractivity contribution in [3.05, 3.63) is 50.0 Å². The van der Waals surface area contributed by atoms with Crippen molar-refractivity contribution >= 4 is 28.4 Å². The van der Waals surface area contributed by atoms with Gasteiger partial charge in [-0.1, -0.05) is 18.2 Å². The number of hydrogen-bond acceptors (Lipinski definition) is 3. The van der Waals surface area contributed by atoms with E-state index in [9.17, 15) is 0 Å². The lowest BCUT2D eigenvalue weighted by molar-refractivity contribution is 0.934. The smallest absolute Gasteiger partial charge is 0.143 e. The Morgan fingerprint density at radius 3 is 2.47 bits per heavy atom.